The van der Waals surface area contributed by atoms with Crippen LogP contribution in [-0.2, 0) is 11.1 Å². The molecule has 0 fully saturated rings. The van der Waals surface area contributed by atoms with Gasteiger partial charge in [0.1, 0.15) is 5.69 Å². The smallest absolute Gasteiger partial charge is 0.356 e. The second kappa shape index (κ2) is 5.58. The van der Waals surface area contributed by atoms with Crippen molar-refractivity contribution in [3.8, 4) is 0 Å². The molecule has 0 radical (unpaired) electrons. The SMILES string of the molecule is NC(=O)c1ccc2c(ncn2Cc2ccc(P(=O)(O)O)cc2)n1. The fourth-order valence-corrected chi connectivity index (χ4v) is 2.74. The maximum Gasteiger partial charge on any atom is 0.356 e. The molecule has 0 bridgehead atoms. The standard InChI is InChI=1S/C14H13N4O4P/c15-13(19)11-5-6-12-14(17-11)16-8-18(12)7-9-1-3-10(4-2-9)23(20,21)22/h1-6,8H,7H2,(H2,15,19)(H2,20,21,22). The van der Waals surface area contributed by atoms with E-state index in [-0.39, 0.29) is 11.0 Å². The van der Waals surface area contributed by atoms with E-state index < -0.39 is 13.5 Å². The van der Waals surface area contributed by atoms with Crippen LogP contribution in [0, 0.1) is 0 Å². The lowest BCUT2D eigenvalue weighted by atomic mass is 10.2. The summed E-state index contributed by atoms with van der Waals surface area (Å²) in [5, 5.41) is -0.0236. The van der Waals surface area contributed by atoms with Gasteiger partial charge < -0.3 is 20.1 Å². The number of pyridine rings is 1. The van der Waals surface area contributed by atoms with Crippen molar-refractivity contribution < 1.29 is 19.1 Å². The second-order valence-electron chi connectivity index (χ2n) is 4.99. The second-order valence-corrected chi connectivity index (χ2v) is 6.59. The maximum absolute atomic E-state index is 11.2. The van der Waals surface area contributed by atoms with E-state index >= 15 is 0 Å². The molecule has 3 rings (SSSR count). The number of hydrogen-bond acceptors (Lipinski definition) is 4. The van der Waals surface area contributed by atoms with Gasteiger partial charge in [0.15, 0.2) is 5.65 Å². The molecule has 2 aromatic heterocycles. The van der Waals surface area contributed by atoms with E-state index in [0.717, 1.165) is 11.1 Å². The van der Waals surface area contributed by atoms with Gasteiger partial charge in [-0.3, -0.25) is 9.36 Å². The predicted octanol–water partition coefficient (Wildman–Crippen LogP) is 0.381. The maximum atomic E-state index is 11.2. The van der Waals surface area contributed by atoms with Crippen LogP contribution in [0.3, 0.4) is 0 Å². The Labute approximate surface area is 130 Å². The molecule has 4 N–H and O–H groups in total. The summed E-state index contributed by atoms with van der Waals surface area (Å²) in [6.07, 6.45) is 1.58. The van der Waals surface area contributed by atoms with Crippen molar-refractivity contribution in [3.05, 3.63) is 54.0 Å². The van der Waals surface area contributed by atoms with Crippen molar-refractivity contribution in [2.45, 2.75) is 6.54 Å². The largest absolute Gasteiger partial charge is 0.364 e. The van der Waals surface area contributed by atoms with Crippen LogP contribution < -0.4 is 11.0 Å². The zero-order chi connectivity index (χ0) is 16.6. The van der Waals surface area contributed by atoms with E-state index in [1.54, 1.807) is 24.5 Å². The van der Waals surface area contributed by atoms with E-state index in [4.69, 9.17) is 15.5 Å². The number of carbonyl (C=O) groups is 1. The fourth-order valence-electron chi connectivity index (χ4n) is 2.20. The average molecular weight is 332 g/mol. The van der Waals surface area contributed by atoms with Crippen molar-refractivity contribution in [2.75, 3.05) is 0 Å². The van der Waals surface area contributed by atoms with Crippen LogP contribution in [-0.4, -0.2) is 30.2 Å². The van der Waals surface area contributed by atoms with Gasteiger partial charge in [-0.05, 0) is 29.8 Å². The molecule has 1 amide bonds. The van der Waals surface area contributed by atoms with Crippen LogP contribution in [0.5, 0.6) is 0 Å². The van der Waals surface area contributed by atoms with Gasteiger partial charge in [-0.25, -0.2) is 9.97 Å². The lowest BCUT2D eigenvalue weighted by Crippen LogP contribution is -2.12. The highest BCUT2D eigenvalue weighted by Crippen LogP contribution is 2.32. The molecule has 0 spiro atoms. The molecule has 118 valence electrons. The highest BCUT2D eigenvalue weighted by atomic mass is 31.2. The molecule has 9 heteroatoms. The highest BCUT2D eigenvalue weighted by Gasteiger charge is 2.16. The summed E-state index contributed by atoms with van der Waals surface area (Å²) in [5.74, 6) is -0.616. The van der Waals surface area contributed by atoms with Crippen LogP contribution in [0.1, 0.15) is 16.1 Å². The van der Waals surface area contributed by atoms with E-state index in [1.165, 1.54) is 18.2 Å². The Morgan fingerprint density at radius 3 is 2.48 bits per heavy atom. The zero-order valence-electron chi connectivity index (χ0n) is 11.8. The number of carbonyl (C=O) groups excluding carboxylic acids is 1. The van der Waals surface area contributed by atoms with Gasteiger partial charge >= 0.3 is 7.60 Å². The molecule has 0 saturated heterocycles. The molecule has 0 saturated carbocycles. The van der Waals surface area contributed by atoms with Crippen LogP contribution in [0.4, 0.5) is 0 Å². The van der Waals surface area contributed by atoms with Gasteiger partial charge in [-0.2, -0.15) is 0 Å². The molecule has 0 aliphatic carbocycles. The Morgan fingerprint density at radius 1 is 1.17 bits per heavy atom. The molecule has 0 atom stereocenters. The van der Waals surface area contributed by atoms with E-state index in [0.29, 0.717) is 12.2 Å². The molecule has 0 unspecified atom stereocenters. The third-order valence-corrected chi connectivity index (χ3v) is 4.33. The third kappa shape index (κ3) is 3.14. The summed E-state index contributed by atoms with van der Waals surface area (Å²) in [5.41, 5.74) is 7.32. The summed E-state index contributed by atoms with van der Waals surface area (Å²) < 4.78 is 13.0. The normalized spacial score (nSPS) is 11.7. The van der Waals surface area contributed by atoms with Crippen molar-refractivity contribution in [2.24, 2.45) is 5.73 Å². The highest BCUT2D eigenvalue weighted by molar-refractivity contribution is 7.60. The summed E-state index contributed by atoms with van der Waals surface area (Å²) >= 11 is 0. The lowest BCUT2D eigenvalue weighted by molar-refractivity contribution is 0.0996. The number of amides is 1. The van der Waals surface area contributed by atoms with Crippen LogP contribution in [0.15, 0.2) is 42.7 Å². The number of hydrogen-bond donors (Lipinski definition) is 3. The number of aromatic nitrogens is 3. The van der Waals surface area contributed by atoms with Gasteiger partial charge in [0, 0.05) is 6.54 Å². The number of imidazole rings is 1. The van der Waals surface area contributed by atoms with Crippen LogP contribution in [0.2, 0.25) is 0 Å². The van der Waals surface area contributed by atoms with Gasteiger partial charge in [-0.1, -0.05) is 12.1 Å². The minimum absolute atomic E-state index is 0.0236. The lowest BCUT2D eigenvalue weighted by Gasteiger charge is -2.07. The van der Waals surface area contributed by atoms with Gasteiger partial charge in [0.25, 0.3) is 5.91 Å². The first-order chi connectivity index (χ1) is 10.8. The van der Waals surface area contributed by atoms with E-state index in [9.17, 15) is 9.36 Å². The molecule has 1 aromatic carbocycles. The Balaban J connectivity index is 1.90. The quantitative estimate of drug-likeness (QED) is 0.592. The number of nitrogens with zero attached hydrogens (tertiary/aromatic N) is 3. The first-order valence-electron chi connectivity index (χ1n) is 6.61. The number of fused-ring (bicyclic) bond motifs is 1. The molecule has 23 heavy (non-hydrogen) atoms. The Kier molecular flexibility index (Phi) is 3.73. The summed E-state index contributed by atoms with van der Waals surface area (Å²) in [6, 6.07) is 9.33. The molecule has 0 aliphatic rings. The topological polar surface area (TPSA) is 131 Å². The number of nitrogens with two attached hydrogens (primary N) is 1. The summed E-state index contributed by atoms with van der Waals surface area (Å²) in [6.45, 7) is 0.454. The number of benzene rings is 1. The number of rotatable bonds is 4. The van der Waals surface area contributed by atoms with E-state index in [1.807, 2.05) is 4.57 Å². The molecular formula is C14H13N4O4P. The van der Waals surface area contributed by atoms with Gasteiger partial charge in [-0.15, -0.1) is 0 Å². The summed E-state index contributed by atoms with van der Waals surface area (Å²) in [7, 11) is -4.24. The molecule has 0 aliphatic heterocycles. The Hall–Kier alpha value is -2.54. The van der Waals surface area contributed by atoms with Crippen LogP contribution in [0.25, 0.3) is 11.2 Å². The Bertz CT molecular complexity index is 930. The first-order valence-corrected chi connectivity index (χ1v) is 8.22. The molecule has 3 aromatic rings. The fraction of sp³-hybridized carbons (Fsp3) is 0.0714. The average Bonchev–Trinajstić information content (AvgIpc) is 2.89. The minimum Gasteiger partial charge on any atom is -0.364 e. The first kappa shape index (κ1) is 15.4. The van der Waals surface area contributed by atoms with Crippen LogP contribution >= 0.6 is 7.60 Å². The van der Waals surface area contributed by atoms with Crippen molar-refractivity contribution in [1.82, 2.24) is 14.5 Å². The molecule has 8 nitrogen and oxygen atoms in total. The zero-order valence-corrected chi connectivity index (χ0v) is 12.7. The van der Waals surface area contributed by atoms with Crippen molar-refractivity contribution in [3.63, 3.8) is 0 Å². The molecular weight excluding hydrogens is 319 g/mol. The summed E-state index contributed by atoms with van der Waals surface area (Å²) in [4.78, 5) is 37.5. The molecule has 2 heterocycles. The van der Waals surface area contributed by atoms with Gasteiger partial charge in [0.05, 0.1) is 17.1 Å². The van der Waals surface area contributed by atoms with Crippen molar-refractivity contribution >= 4 is 30.0 Å². The third-order valence-electron chi connectivity index (χ3n) is 3.36. The van der Waals surface area contributed by atoms with Gasteiger partial charge in [0.2, 0.25) is 0 Å². The Morgan fingerprint density at radius 2 is 1.87 bits per heavy atom. The van der Waals surface area contributed by atoms with Crippen molar-refractivity contribution in [1.29, 1.82) is 0 Å². The van der Waals surface area contributed by atoms with E-state index in [2.05, 4.69) is 9.97 Å². The predicted molar refractivity (Wildman–Crippen MR) is 83.3 cm³/mol. The minimum atomic E-state index is -4.24. The monoisotopic (exact) mass is 332 g/mol. The number of primary amides is 1.